The van der Waals surface area contributed by atoms with Crippen molar-refractivity contribution in [3.05, 3.63) is 35.4 Å². The predicted octanol–water partition coefficient (Wildman–Crippen LogP) is 1.22. The van der Waals surface area contributed by atoms with Crippen LogP contribution in [0.1, 0.15) is 11.1 Å². The quantitative estimate of drug-likeness (QED) is 0.400. The molecule has 0 amide bonds. The summed E-state index contributed by atoms with van der Waals surface area (Å²) in [7, 11) is 0. The fourth-order valence-corrected chi connectivity index (χ4v) is 0.719. The van der Waals surface area contributed by atoms with Gasteiger partial charge in [0.2, 0.25) is 0 Å². The molecule has 0 atom stereocenters. The minimum Gasteiger partial charge on any atom is -0.411 e. The minimum absolute atomic E-state index is 0.250. The number of nitrogens with zero attached hydrogens (tertiary/aromatic N) is 1. The van der Waals surface area contributed by atoms with Crippen LogP contribution in [-0.4, -0.2) is 17.6 Å². The van der Waals surface area contributed by atoms with Crippen LogP contribution < -0.4 is 0 Å². The third kappa shape index (κ3) is 5.35. The molecule has 0 aliphatic carbocycles. The summed E-state index contributed by atoms with van der Waals surface area (Å²) in [5, 5.41) is 11.1. The van der Waals surface area contributed by atoms with Crippen molar-refractivity contribution in [2.75, 3.05) is 0 Å². The first-order valence-electron chi connectivity index (χ1n) is 3.48. The van der Waals surface area contributed by atoms with Crippen LogP contribution in [0.2, 0.25) is 0 Å². The van der Waals surface area contributed by atoms with Crippen molar-refractivity contribution in [1.29, 1.82) is 0 Å². The Balaban J connectivity index is 0.000000424. The summed E-state index contributed by atoms with van der Waals surface area (Å²) in [6, 6.07) is 7.73. The monoisotopic (exact) mass is 179 g/mol. The molecule has 1 N–H and O–H groups in total. The van der Waals surface area contributed by atoms with E-state index in [-0.39, 0.29) is 6.15 Å². The number of aryl methyl sites for hydroxylation is 1. The third-order valence-corrected chi connectivity index (χ3v) is 1.28. The Hall–Kier alpha value is -1.93. The van der Waals surface area contributed by atoms with Crippen LogP contribution in [0.15, 0.2) is 29.4 Å². The zero-order chi connectivity index (χ0) is 10.1. The number of hydrogen-bond donors (Lipinski definition) is 1. The molecule has 0 aliphatic heterocycles. The molecule has 4 nitrogen and oxygen atoms in total. The molecule has 13 heavy (non-hydrogen) atoms. The lowest BCUT2D eigenvalue weighted by Gasteiger charge is -1.91. The second-order valence-electron chi connectivity index (χ2n) is 2.24. The van der Waals surface area contributed by atoms with Crippen LogP contribution in [0, 0.1) is 6.92 Å². The zero-order valence-electron chi connectivity index (χ0n) is 7.10. The number of carbonyl (C=O) groups excluding carboxylic acids is 2. The summed E-state index contributed by atoms with van der Waals surface area (Å²) in [6.45, 7) is 2.01. The van der Waals surface area contributed by atoms with Gasteiger partial charge in [0.05, 0.1) is 6.21 Å². The van der Waals surface area contributed by atoms with Gasteiger partial charge in [0.1, 0.15) is 0 Å². The summed E-state index contributed by atoms with van der Waals surface area (Å²) >= 11 is 0. The molecular formula is C9H9NO3. The van der Waals surface area contributed by atoms with E-state index in [0.717, 1.165) is 5.56 Å². The normalized spacial score (nSPS) is 8.69. The van der Waals surface area contributed by atoms with E-state index in [1.54, 1.807) is 0 Å². The van der Waals surface area contributed by atoms with Crippen molar-refractivity contribution in [2.45, 2.75) is 6.92 Å². The maximum Gasteiger partial charge on any atom is 0.373 e. The standard InChI is InChI=1S/C8H9NO.CO2/c1-7-2-4-8(5-3-7)6-9-10;2-1-3/h2-6,10H,1H3;/b9-6+;. The van der Waals surface area contributed by atoms with Gasteiger partial charge >= 0.3 is 6.15 Å². The van der Waals surface area contributed by atoms with Gasteiger partial charge in [0.25, 0.3) is 0 Å². The Morgan fingerprint density at radius 2 is 1.77 bits per heavy atom. The molecule has 1 rings (SSSR count). The van der Waals surface area contributed by atoms with Crippen LogP contribution in [-0.2, 0) is 9.59 Å². The van der Waals surface area contributed by atoms with Gasteiger partial charge in [-0.2, -0.15) is 9.59 Å². The fraction of sp³-hybridized carbons (Fsp3) is 0.111. The van der Waals surface area contributed by atoms with Crippen LogP contribution in [0.25, 0.3) is 0 Å². The maximum atomic E-state index is 8.16. The molecule has 0 saturated heterocycles. The largest absolute Gasteiger partial charge is 0.411 e. The highest BCUT2D eigenvalue weighted by Crippen LogP contribution is 1.99. The number of oxime groups is 1. The molecule has 0 bridgehead atoms. The van der Waals surface area contributed by atoms with E-state index in [1.165, 1.54) is 11.8 Å². The Kier molecular flexibility index (Phi) is 5.76. The fourth-order valence-electron chi connectivity index (χ4n) is 0.719. The first-order chi connectivity index (χ1) is 6.24. The first-order valence-corrected chi connectivity index (χ1v) is 3.48. The zero-order valence-corrected chi connectivity index (χ0v) is 7.10. The molecule has 0 saturated carbocycles. The summed E-state index contributed by atoms with van der Waals surface area (Å²) in [4.78, 5) is 16.2. The molecule has 0 aromatic heterocycles. The van der Waals surface area contributed by atoms with Gasteiger partial charge in [0.15, 0.2) is 0 Å². The second kappa shape index (κ2) is 6.76. The topological polar surface area (TPSA) is 66.7 Å². The Morgan fingerprint density at radius 3 is 2.15 bits per heavy atom. The van der Waals surface area contributed by atoms with E-state index in [4.69, 9.17) is 14.8 Å². The summed E-state index contributed by atoms with van der Waals surface area (Å²) in [5.41, 5.74) is 2.11. The third-order valence-electron chi connectivity index (χ3n) is 1.28. The molecule has 0 unspecified atom stereocenters. The number of benzene rings is 1. The predicted molar refractivity (Wildman–Crippen MR) is 45.6 cm³/mol. The van der Waals surface area contributed by atoms with Crippen LogP contribution in [0.5, 0.6) is 0 Å². The van der Waals surface area contributed by atoms with Crippen molar-refractivity contribution in [3.63, 3.8) is 0 Å². The molecule has 0 aliphatic rings. The average Bonchev–Trinajstić information content (AvgIpc) is 2.11. The van der Waals surface area contributed by atoms with Crippen molar-refractivity contribution in [3.8, 4) is 0 Å². The second-order valence-corrected chi connectivity index (χ2v) is 2.24. The van der Waals surface area contributed by atoms with E-state index < -0.39 is 0 Å². The van der Waals surface area contributed by atoms with Gasteiger partial charge < -0.3 is 5.21 Å². The Labute approximate surface area is 75.5 Å². The van der Waals surface area contributed by atoms with Gasteiger partial charge in [0, 0.05) is 0 Å². The van der Waals surface area contributed by atoms with Crippen molar-refractivity contribution < 1.29 is 14.8 Å². The molecule has 68 valence electrons. The lowest BCUT2D eigenvalue weighted by Crippen LogP contribution is -1.79. The van der Waals surface area contributed by atoms with E-state index >= 15 is 0 Å². The summed E-state index contributed by atoms with van der Waals surface area (Å²) in [6.07, 6.45) is 1.65. The molecule has 0 fully saturated rings. The molecule has 0 heterocycles. The minimum atomic E-state index is 0.250. The highest BCUT2D eigenvalue weighted by molar-refractivity contribution is 5.78. The van der Waals surface area contributed by atoms with Crippen molar-refractivity contribution in [1.82, 2.24) is 0 Å². The molecule has 0 spiro atoms. The van der Waals surface area contributed by atoms with Gasteiger partial charge in [-0.05, 0) is 12.5 Å². The molecule has 1 aromatic carbocycles. The van der Waals surface area contributed by atoms with Crippen LogP contribution >= 0.6 is 0 Å². The highest BCUT2D eigenvalue weighted by Gasteiger charge is 1.84. The van der Waals surface area contributed by atoms with Crippen LogP contribution in [0.3, 0.4) is 0 Å². The number of rotatable bonds is 1. The number of hydrogen-bond acceptors (Lipinski definition) is 4. The first kappa shape index (κ1) is 11.1. The Morgan fingerprint density at radius 1 is 1.31 bits per heavy atom. The summed E-state index contributed by atoms with van der Waals surface area (Å²) < 4.78 is 0. The van der Waals surface area contributed by atoms with E-state index in [0.29, 0.717) is 0 Å². The lowest BCUT2D eigenvalue weighted by molar-refractivity contribution is -0.191. The average molecular weight is 179 g/mol. The summed E-state index contributed by atoms with van der Waals surface area (Å²) in [5.74, 6) is 0. The smallest absolute Gasteiger partial charge is 0.373 e. The van der Waals surface area contributed by atoms with Crippen molar-refractivity contribution in [2.24, 2.45) is 5.16 Å². The lowest BCUT2D eigenvalue weighted by atomic mass is 10.2. The van der Waals surface area contributed by atoms with E-state index in [9.17, 15) is 0 Å². The van der Waals surface area contributed by atoms with Crippen LogP contribution in [0.4, 0.5) is 0 Å². The molecule has 1 aromatic rings. The van der Waals surface area contributed by atoms with Crippen molar-refractivity contribution >= 4 is 12.4 Å². The Bertz CT molecular complexity index is 297. The van der Waals surface area contributed by atoms with Gasteiger partial charge in [-0.1, -0.05) is 35.0 Å². The van der Waals surface area contributed by atoms with Gasteiger partial charge in [-0.25, -0.2) is 0 Å². The highest BCUT2D eigenvalue weighted by atomic mass is 16.4. The molecular weight excluding hydrogens is 170 g/mol. The molecule has 0 radical (unpaired) electrons. The SMILES string of the molecule is Cc1ccc(/C=N/O)cc1.O=C=O. The molecule has 4 heteroatoms. The maximum absolute atomic E-state index is 8.16. The van der Waals surface area contributed by atoms with E-state index in [1.807, 2.05) is 31.2 Å². The van der Waals surface area contributed by atoms with Gasteiger partial charge in [-0.15, -0.1) is 0 Å². The van der Waals surface area contributed by atoms with Gasteiger partial charge in [-0.3, -0.25) is 0 Å². The van der Waals surface area contributed by atoms with E-state index in [2.05, 4.69) is 5.16 Å².